The molecule has 9 heteroatoms. The van der Waals surface area contributed by atoms with Gasteiger partial charge in [-0.25, -0.2) is 0 Å². The molecule has 0 bridgehead atoms. The zero-order valence-electron chi connectivity index (χ0n) is 10.5. The minimum Gasteiger partial charge on any atom is -0.707 e. The molecule has 0 amide bonds. The molecule has 1 heterocycles. The summed E-state index contributed by atoms with van der Waals surface area (Å²) in [6, 6.07) is 8.92. The van der Waals surface area contributed by atoms with Crippen molar-refractivity contribution in [1.82, 2.24) is 0 Å². The third-order valence-corrected chi connectivity index (χ3v) is 6.94. The van der Waals surface area contributed by atoms with E-state index in [1.54, 1.807) is 11.1 Å². The first-order valence-corrected chi connectivity index (χ1v) is 11.0. The Hall–Kier alpha value is -0.601. The Morgan fingerprint density at radius 2 is 1.80 bits per heavy atom. The van der Waals surface area contributed by atoms with Gasteiger partial charge < -0.3 is 9.59 Å². The summed E-state index contributed by atoms with van der Waals surface area (Å²) in [7, 11) is -5.89. The molecule has 2 rings (SSSR count). The van der Waals surface area contributed by atoms with Crippen LogP contribution in [0.1, 0.15) is 11.1 Å². The van der Waals surface area contributed by atoms with Gasteiger partial charge in [-0.3, -0.25) is 0 Å². The van der Waals surface area contributed by atoms with Crippen LogP contribution >= 0.6 is 0 Å². The van der Waals surface area contributed by atoms with E-state index in [0.717, 1.165) is 0 Å². The summed E-state index contributed by atoms with van der Waals surface area (Å²) in [6.07, 6.45) is 1.34. The monoisotopic (exact) mass is 378 g/mol. The van der Waals surface area contributed by atoms with Crippen molar-refractivity contribution in [2.45, 2.75) is 28.4 Å². The minimum atomic E-state index is -5.89. The molecule has 0 saturated heterocycles. The average Bonchev–Trinajstić information content (AvgIpc) is 2.38. The van der Waals surface area contributed by atoms with Crippen molar-refractivity contribution in [2.75, 3.05) is 0 Å². The Bertz CT molecular complexity index is 545. The Balaban J connectivity index is 0.000000206. The first-order chi connectivity index (χ1) is 9.17. The molecule has 1 aliphatic heterocycles. The van der Waals surface area contributed by atoms with E-state index < -0.39 is 15.6 Å². The SMILES string of the molecule is C[Se+]1CCc2ccccc2C1.O=S(=O)(O[O-])C(F)(F)F. The van der Waals surface area contributed by atoms with Crippen LogP contribution in [0.25, 0.3) is 0 Å². The second kappa shape index (κ2) is 6.91. The zero-order chi connectivity index (χ0) is 15.4. The van der Waals surface area contributed by atoms with Crippen molar-refractivity contribution in [3.05, 3.63) is 35.4 Å². The average molecular weight is 377 g/mol. The van der Waals surface area contributed by atoms with Gasteiger partial charge in [0.25, 0.3) is 0 Å². The van der Waals surface area contributed by atoms with Gasteiger partial charge in [0.05, 0.1) is 0 Å². The van der Waals surface area contributed by atoms with Crippen LogP contribution in [-0.4, -0.2) is 27.8 Å². The van der Waals surface area contributed by atoms with Crippen LogP contribution in [0.5, 0.6) is 0 Å². The van der Waals surface area contributed by atoms with E-state index in [-0.39, 0.29) is 13.9 Å². The normalized spacial score (nSPS) is 18.8. The largest absolute Gasteiger partial charge is 0.707 e. The van der Waals surface area contributed by atoms with Gasteiger partial charge in [0, 0.05) is 0 Å². The predicted molar refractivity (Wildman–Crippen MR) is 66.3 cm³/mol. The van der Waals surface area contributed by atoms with Gasteiger partial charge in [-0.15, -0.1) is 0 Å². The Morgan fingerprint density at radius 1 is 1.25 bits per heavy atom. The number of rotatable bonds is 1. The molecule has 1 aliphatic rings. The molecule has 0 N–H and O–H groups in total. The summed E-state index contributed by atoms with van der Waals surface area (Å²) in [5.74, 6) is 2.47. The molecule has 4 nitrogen and oxygen atoms in total. The van der Waals surface area contributed by atoms with Gasteiger partial charge in [0.2, 0.25) is 0 Å². The second-order valence-electron chi connectivity index (χ2n) is 4.12. The van der Waals surface area contributed by atoms with Gasteiger partial charge >= 0.3 is 87.8 Å². The van der Waals surface area contributed by atoms with E-state index in [4.69, 9.17) is 5.26 Å². The van der Waals surface area contributed by atoms with Crippen LogP contribution in [0.4, 0.5) is 13.2 Å². The first-order valence-electron chi connectivity index (χ1n) is 5.46. The molecule has 1 aromatic carbocycles. The van der Waals surface area contributed by atoms with Gasteiger partial charge in [-0.2, -0.15) is 21.6 Å². The van der Waals surface area contributed by atoms with Crippen LogP contribution in [-0.2, 0) is 26.2 Å². The summed E-state index contributed by atoms with van der Waals surface area (Å²) < 4.78 is 53.4. The van der Waals surface area contributed by atoms with Crippen LogP contribution in [0.3, 0.4) is 0 Å². The molecule has 1 unspecified atom stereocenters. The Morgan fingerprint density at radius 3 is 2.25 bits per heavy atom. The van der Waals surface area contributed by atoms with E-state index in [1.165, 1.54) is 17.1 Å². The van der Waals surface area contributed by atoms with Crippen molar-refractivity contribution in [1.29, 1.82) is 0 Å². The van der Waals surface area contributed by atoms with Gasteiger partial charge in [-0.05, 0) is 0 Å². The fraction of sp³-hybridized carbons (Fsp3) is 0.455. The maximum atomic E-state index is 10.9. The van der Waals surface area contributed by atoms with E-state index in [2.05, 4.69) is 30.1 Å². The number of benzene rings is 1. The fourth-order valence-corrected chi connectivity index (χ4v) is 4.88. The Kier molecular flexibility index (Phi) is 6.03. The fourth-order valence-electron chi connectivity index (χ4n) is 1.60. The van der Waals surface area contributed by atoms with E-state index in [0.29, 0.717) is 0 Å². The van der Waals surface area contributed by atoms with Crippen LogP contribution < -0.4 is 5.26 Å². The van der Waals surface area contributed by atoms with Crippen molar-refractivity contribution in [3.8, 4) is 0 Å². The number of hydrogen-bond donors (Lipinski definition) is 0. The Labute approximate surface area is 119 Å². The predicted octanol–water partition coefficient (Wildman–Crippen LogP) is 1.58. The van der Waals surface area contributed by atoms with Crippen molar-refractivity contribution < 1.29 is 31.2 Å². The topological polar surface area (TPSA) is 66.4 Å². The van der Waals surface area contributed by atoms with E-state index >= 15 is 0 Å². The van der Waals surface area contributed by atoms with Crippen LogP contribution in [0.15, 0.2) is 24.3 Å². The first kappa shape index (κ1) is 17.5. The molecule has 0 spiro atoms. The molecule has 1 atom stereocenters. The van der Waals surface area contributed by atoms with Crippen LogP contribution in [0, 0.1) is 0 Å². The van der Waals surface area contributed by atoms with Gasteiger partial charge in [0.15, 0.2) is 0 Å². The molecular formula is C11H13F3O4SSe. The standard InChI is InChI=1S/C10H13Se.CHF3O4S/c1-11-7-6-9-4-2-3-5-10(9)8-11;2-1(3,4)9(6,7)8-5/h2-5H,6-8H2,1H3;5H/q+1;/p-1. The second-order valence-corrected chi connectivity index (χ2v) is 10.4. The molecule has 114 valence electrons. The number of aryl methyl sites for hydroxylation is 1. The number of fused-ring (bicyclic) bond motifs is 1. The molecule has 0 radical (unpaired) electrons. The smallest absolute Gasteiger partial charge is 0.522 e. The summed E-state index contributed by atoms with van der Waals surface area (Å²) in [5.41, 5.74) is -2.38. The molecular weight excluding hydrogens is 364 g/mol. The molecule has 20 heavy (non-hydrogen) atoms. The zero-order valence-corrected chi connectivity index (χ0v) is 13.0. The maximum Gasteiger partial charge on any atom is 0.522 e. The summed E-state index contributed by atoms with van der Waals surface area (Å²) in [5, 5.41) is 11.7. The number of alkyl halides is 3. The number of hydrogen-bond acceptors (Lipinski definition) is 4. The molecule has 0 aromatic heterocycles. The molecule has 0 fully saturated rings. The summed E-state index contributed by atoms with van der Waals surface area (Å²) in [6.45, 7) is 0. The van der Waals surface area contributed by atoms with Gasteiger partial charge in [-0.1, -0.05) is 0 Å². The van der Waals surface area contributed by atoms with Crippen LogP contribution in [0.2, 0.25) is 11.1 Å². The van der Waals surface area contributed by atoms with Crippen molar-refractivity contribution in [3.63, 3.8) is 0 Å². The minimum absolute atomic E-state index is 0.209. The number of halogens is 3. The summed E-state index contributed by atoms with van der Waals surface area (Å²) >= 11 is -0.209. The maximum absolute atomic E-state index is 10.9. The molecule has 0 aliphatic carbocycles. The molecule has 0 saturated carbocycles. The third kappa shape index (κ3) is 4.75. The van der Waals surface area contributed by atoms with Crippen molar-refractivity contribution in [2.24, 2.45) is 0 Å². The summed E-state index contributed by atoms with van der Waals surface area (Å²) in [4.78, 5) is 0. The third-order valence-electron chi connectivity index (χ3n) is 2.61. The van der Waals surface area contributed by atoms with E-state index in [9.17, 15) is 21.6 Å². The quantitative estimate of drug-likeness (QED) is 0.323. The van der Waals surface area contributed by atoms with Crippen molar-refractivity contribution >= 4 is 24.0 Å². The van der Waals surface area contributed by atoms with Gasteiger partial charge in [0.1, 0.15) is 0 Å². The molecule has 1 aromatic rings. The van der Waals surface area contributed by atoms with E-state index in [1.807, 2.05) is 4.33 Å².